The first-order valence-electron chi connectivity index (χ1n) is 17.1. The second-order valence-electron chi connectivity index (χ2n) is 13.5. The van der Waals surface area contributed by atoms with Gasteiger partial charge in [0.15, 0.2) is 11.6 Å². The van der Waals surface area contributed by atoms with Gasteiger partial charge in [-0.3, -0.25) is 19.3 Å². The zero-order valence-electron chi connectivity index (χ0n) is 27.9. The number of ketones is 2. The molecule has 0 radical (unpaired) electrons. The van der Waals surface area contributed by atoms with E-state index in [-0.39, 0.29) is 23.4 Å². The molecular formula is C42H41ClN2O3. The van der Waals surface area contributed by atoms with Crippen LogP contribution in [0.4, 0.5) is 0 Å². The summed E-state index contributed by atoms with van der Waals surface area (Å²) in [6.07, 6.45) is 5.85. The normalized spacial score (nSPS) is 17.2. The van der Waals surface area contributed by atoms with Crippen molar-refractivity contribution in [2.45, 2.75) is 52.4 Å². The Kier molecular flexibility index (Phi) is 8.93. The predicted octanol–water partition coefficient (Wildman–Crippen LogP) is 6.28. The van der Waals surface area contributed by atoms with Crippen LogP contribution >= 0.6 is 11.6 Å². The highest BCUT2D eigenvalue weighted by atomic mass is 35.5. The van der Waals surface area contributed by atoms with Crippen LogP contribution in [0.1, 0.15) is 80.6 Å². The number of carbonyl (C=O) groups is 3. The summed E-state index contributed by atoms with van der Waals surface area (Å²) in [5.41, 5.74) is 7.15. The molecule has 5 nitrogen and oxygen atoms in total. The van der Waals surface area contributed by atoms with Gasteiger partial charge in [0, 0.05) is 66.3 Å². The summed E-state index contributed by atoms with van der Waals surface area (Å²) in [5.74, 6) is 0.328. The van der Waals surface area contributed by atoms with E-state index in [1.807, 2.05) is 67.3 Å². The van der Waals surface area contributed by atoms with Crippen molar-refractivity contribution in [2.75, 3.05) is 32.7 Å². The molecule has 3 aliphatic rings. The average Bonchev–Trinajstić information content (AvgIpc) is 3.10. The Balaban J connectivity index is 1.27. The van der Waals surface area contributed by atoms with Gasteiger partial charge in [-0.1, -0.05) is 78.3 Å². The lowest BCUT2D eigenvalue weighted by atomic mass is 9.79. The zero-order chi connectivity index (χ0) is 33.5. The summed E-state index contributed by atoms with van der Waals surface area (Å²) in [6.45, 7) is 9.75. The second kappa shape index (κ2) is 13.3. The first-order chi connectivity index (χ1) is 23.2. The van der Waals surface area contributed by atoms with E-state index >= 15 is 0 Å². The van der Waals surface area contributed by atoms with Gasteiger partial charge in [-0.05, 0) is 101 Å². The van der Waals surface area contributed by atoms with Gasteiger partial charge in [-0.15, -0.1) is 0 Å². The van der Waals surface area contributed by atoms with Gasteiger partial charge in [0.05, 0.1) is 0 Å². The summed E-state index contributed by atoms with van der Waals surface area (Å²) in [6, 6.07) is 23.6. The third kappa shape index (κ3) is 5.95. The first kappa shape index (κ1) is 32.2. The molecule has 0 spiro atoms. The fourth-order valence-corrected chi connectivity index (χ4v) is 8.19. The number of fused-ring (bicyclic) bond motifs is 4. The highest BCUT2D eigenvalue weighted by Crippen LogP contribution is 2.32. The molecule has 4 aromatic rings. The Hall–Kier alpha value is -4.32. The number of hydrogen-bond donors (Lipinski definition) is 0. The molecule has 6 heteroatoms. The van der Waals surface area contributed by atoms with E-state index in [9.17, 15) is 14.4 Å². The lowest BCUT2D eigenvalue weighted by Gasteiger charge is -2.35. The Morgan fingerprint density at radius 2 is 1.52 bits per heavy atom. The molecule has 1 unspecified atom stereocenters. The van der Waals surface area contributed by atoms with Crippen LogP contribution in [0.15, 0.2) is 72.8 Å². The molecule has 1 aliphatic heterocycles. The molecule has 0 aromatic heterocycles. The van der Waals surface area contributed by atoms with Crippen molar-refractivity contribution in [3.05, 3.63) is 138 Å². The number of rotatable bonds is 7. The average molecular weight is 657 g/mol. The second-order valence-corrected chi connectivity index (χ2v) is 13.9. The molecule has 0 N–H and O–H groups in total. The van der Waals surface area contributed by atoms with Crippen molar-refractivity contribution in [2.24, 2.45) is 0 Å². The van der Waals surface area contributed by atoms with Gasteiger partial charge in [-0.2, -0.15) is 0 Å². The van der Waals surface area contributed by atoms with Gasteiger partial charge in [-0.25, -0.2) is 0 Å². The standard InChI is InChI=1S/C42H41ClN2O3/c1-26-8-4-5-9-31(26)41(47)30-14-15-32(27(2)24-30)42(48)37-12-6-11-35-34(37)16-17-36-33-10-7-13-39(43)38(33)25-29(40(35)36)18-19-44-20-22-45(23-21-44)28(3)46/h4-5,7-10,13-17,24-25,29H,6,11-12,18-23H2,1-3H3. The lowest BCUT2D eigenvalue weighted by Crippen LogP contribution is -2.48. The molecule has 0 bridgehead atoms. The predicted molar refractivity (Wildman–Crippen MR) is 192 cm³/mol. The Morgan fingerprint density at radius 1 is 0.771 bits per heavy atom. The van der Waals surface area contributed by atoms with Gasteiger partial charge in [0.2, 0.25) is 5.91 Å². The molecule has 2 aliphatic carbocycles. The molecule has 0 saturated carbocycles. The van der Waals surface area contributed by atoms with E-state index in [1.54, 1.807) is 13.0 Å². The molecule has 1 atom stereocenters. The highest BCUT2D eigenvalue weighted by molar-refractivity contribution is 6.30. The number of amides is 1. The number of benzene rings is 4. The summed E-state index contributed by atoms with van der Waals surface area (Å²) in [5, 5.41) is 5.27. The molecular weight excluding hydrogens is 616 g/mol. The van der Waals surface area contributed by atoms with Crippen LogP contribution in [0.25, 0.3) is 11.6 Å². The number of piperazine rings is 1. The number of carbonyl (C=O) groups excluding carboxylic acids is 3. The van der Waals surface area contributed by atoms with E-state index < -0.39 is 0 Å². The number of halogens is 1. The van der Waals surface area contributed by atoms with E-state index in [0.29, 0.717) is 16.7 Å². The Morgan fingerprint density at radius 3 is 2.27 bits per heavy atom. The summed E-state index contributed by atoms with van der Waals surface area (Å²) >= 11 is 6.78. The van der Waals surface area contributed by atoms with Crippen molar-refractivity contribution < 1.29 is 14.4 Å². The monoisotopic (exact) mass is 656 g/mol. The summed E-state index contributed by atoms with van der Waals surface area (Å²) in [7, 11) is 0. The van der Waals surface area contributed by atoms with Crippen LogP contribution in [0.2, 0.25) is 5.02 Å². The quantitative estimate of drug-likeness (QED) is 0.220. The Labute approximate surface area is 286 Å². The van der Waals surface area contributed by atoms with Crippen LogP contribution < -0.4 is 10.4 Å². The first-order valence-corrected chi connectivity index (χ1v) is 17.5. The van der Waals surface area contributed by atoms with Crippen molar-refractivity contribution in [3.63, 3.8) is 0 Å². The van der Waals surface area contributed by atoms with E-state index in [4.69, 9.17) is 11.6 Å². The summed E-state index contributed by atoms with van der Waals surface area (Å²) < 4.78 is 0. The van der Waals surface area contributed by atoms with E-state index in [2.05, 4.69) is 29.2 Å². The SMILES string of the molecule is CC(=O)N1CCN(CCC2C=c3c(Cl)cccc3=c3ccc4c(c32)CCCC=4C(=O)c2ccc(C(=O)c3ccccc3C)cc2C)CC1. The van der Waals surface area contributed by atoms with Gasteiger partial charge < -0.3 is 4.90 Å². The molecule has 7 rings (SSSR count). The van der Waals surface area contributed by atoms with Crippen LogP contribution in [-0.4, -0.2) is 60.0 Å². The molecule has 48 heavy (non-hydrogen) atoms. The largest absolute Gasteiger partial charge is 0.340 e. The number of nitrogens with zero attached hydrogens (tertiary/aromatic N) is 2. The smallest absolute Gasteiger partial charge is 0.219 e. The molecule has 1 saturated heterocycles. The van der Waals surface area contributed by atoms with Crippen LogP contribution in [0.5, 0.6) is 0 Å². The molecule has 244 valence electrons. The highest BCUT2D eigenvalue weighted by Gasteiger charge is 2.27. The van der Waals surface area contributed by atoms with E-state index in [0.717, 1.165) is 95.8 Å². The number of aryl methyl sites for hydroxylation is 2. The molecule has 1 heterocycles. The fourth-order valence-electron chi connectivity index (χ4n) is 7.95. The maximum absolute atomic E-state index is 14.3. The number of Topliss-reactive ketones (excluding diaryl/α,β-unsaturated/α-hetero) is 1. The Bertz CT molecular complexity index is 2200. The van der Waals surface area contributed by atoms with Gasteiger partial charge >= 0.3 is 0 Å². The third-order valence-corrected chi connectivity index (χ3v) is 10.9. The van der Waals surface area contributed by atoms with Crippen molar-refractivity contribution in [1.29, 1.82) is 0 Å². The molecule has 4 aromatic carbocycles. The van der Waals surface area contributed by atoms with Crippen molar-refractivity contribution >= 4 is 40.7 Å². The van der Waals surface area contributed by atoms with Crippen molar-refractivity contribution in [3.8, 4) is 0 Å². The minimum atomic E-state index is -0.0269. The fraction of sp³-hybridized carbons (Fsp3) is 0.310. The molecule has 1 fully saturated rings. The van der Waals surface area contributed by atoms with Gasteiger partial charge in [0.25, 0.3) is 0 Å². The third-order valence-electron chi connectivity index (χ3n) is 10.6. The summed E-state index contributed by atoms with van der Waals surface area (Å²) in [4.78, 5) is 43.9. The maximum Gasteiger partial charge on any atom is 0.219 e. The molecule has 1 amide bonds. The maximum atomic E-state index is 14.3. The number of hydrogen-bond acceptors (Lipinski definition) is 4. The van der Waals surface area contributed by atoms with E-state index in [1.165, 1.54) is 16.3 Å². The van der Waals surface area contributed by atoms with Crippen molar-refractivity contribution in [1.82, 2.24) is 9.80 Å². The minimum Gasteiger partial charge on any atom is -0.340 e. The van der Waals surface area contributed by atoms with Crippen LogP contribution in [0, 0.1) is 24.3 Å². The van der Waals surface area contributed by atoms with Crippen LogP contribution in [0.3, 0.4) is 0 Å². The van der Waals surface area contributed by atoms with Gasteiger partial charge in [0.1, 0.15) is 0 Å². The van der Waals surface area contributed by atoms with Crippen LogP contribution in [-0.2, 0) is 11.2 Å². The lowest BCUT2D eigenvalue weighted by molar-refractivity contribution is -0.130. The zero-order valence-corrected chi connectivity index (χ0v) is 28.7. The topological polar surface area (TPSA) is 57.7 Å². The minimum absolute atomic E-state index is 0.0269.